The summed E-state index contributed by atoms with van der Waals surface area (Å²) in [5.41, 5.74) is 1.93. The Hall–Kier alpha value is -1.31. The van der Waals surface area contributed by atoms with Gasteiger partial charge in [0.25, 0.3) is 0 Å². The lowest BCUT2D eigenvalue weighted by atomic mass is 9.84. The van der Waals surface area contributed by atoms with E-state index in [2.05, 4.69) is 12.2 Å². The summed E-state index contributed by atoms with van der Waals surface area (Å²) < 4.78 is 0. The number of carbonyl (C=O) groups excluding carboxylic acids is 1. The predicted octanol–water partition coefficient (Wildman–Crippen LogP) is 4.13. The van der Waals surface area contributed by atoms with E-state index in [1.807, 2.05) is 24.3 Å². The smallest absolute Gasteiger partial charge is 0.159 e. The van der Waals surface area contributed by atoms with Gasteiger partial charge in [-0.25, -0.2) is 0 Å². The van der Waals surface area contributed by atoms with E-state index in [0.717, 1.165) is 29.0 Å². The van der Waals surface area contributed by atoms with Crippen molar-refractivity contribution in [2.45, 2.75) is 45.6 Å². The topological polar surface area (TPSA) is 29.1 Å². The minimum atomic E-state index is 0.132. The molecule has 0 amide bonds. The molecule has 4 atom stereocenters. The van der Waals surface area contributed by atoms with Crippen LogP contribution in [0.2, 0.25) is 0 Å². The number of nitrogens with one attached hydrogen (secondary N) is 1. The summed E-state index contributed by atoms with van der Waals surface area (Å²) in [5.74, 6) is 2.92. The van der Waals surface area contributed by atoms with Gasteiger partial charge in [0, 0.05) is 17.3 Å². The number of hydrogen-bond donors (Lipinski definition) is 1. The highest BCUT2D eigenvalue weighted by Crippen LogP contribution is 2.49. The molecule has 102 valence electrons. The Kier molecular flexibility index (Phi) is 3.34. The van der Waals surface area contributed by atoms with Crippen LogP contribution in [0.1, 0.15) is 49.9 Å². The summed E-state index contributed by atoms with van der Waals surface area (Å²) >= 11 is 0. The zero-order valence-electron chi connectivity index (χ0n) is 11.9. The first-order valence-electron chi connectivity index (χ1n) is 7.51. The number of carbonyl (C=O) groups is 1. The Morgan fingerprint density at radius 2 is 1.95 bits per heavy atom. The van der Waals surface area contributed by atoms with Gasteiger partial charge in [0.15, 0.2) is 5.78 Å². The number of anilines is 1. The van der Waals surface area contributed by atoms with Crippen LogP contribution in [0.4, 0.5) is 5.69 Å². The van der Waals surface area contributed by atoms with Crippen molar-refractivity contribution < 1.29 is 4.79 Å². The molecule has 0 spiro atoms. The Morgan fingerprint density at radius 3 is 2.47 bits per heavy atom. The zero-order valence-corrected chi connectivity index (χ0v) is 11.9. The third-order valence-electron chi connectivity index (χ3n) is 5.12. The first-order chi connectivity index (χ1) is 9.13. The molecule has 2 aliphatic carbocycles. The van der Waals surface area contributed by atoms with Gasteiger partial charge >= 0.3 is 0 Å². The number of rotatable bonds is 4. The second kappa shape index (κ2) is 4.99. The highest BCUT2D eigenvalue weighted by Gasteiger charge is 2.41. The van der Waals surface area contributed by atoms with E-state index in [0.29, 0.717) is 6.04 Å². The predicted molar refractivity (Wildman–Crippen MR) is 78.5 cm³/mol. The Labute approximate surface area is 115 Å². The van der Waals surface area contributed by atoms with Crippen LogP contribution in [0.5, 0.6) is 0 Å². The van der Waals surface area contributed by atoms with Crippen molar-refractivity contribution in [1.29, 1.82) is 0 Å². The summed E-state index contributed by atoms with van der Waals surface area (Å²) in [5, 5.41) is 3.62. The number of ketones is 1. The molecule has 0 saturated heterocycles. The van der Waals surface area contributed by atoms with Gasteiger partial charge in [0.1, 0.15) is 0 Å². The van der Waals surface area contributed by atoms with Gasteiger partial charge in [-0.05, 0) is 75.1 Å². The largest absolute Gasteiger partial charge is 0.382 e. The van der Waals surface area contributed by atoms with Crippen molar-refractivity contribution >= 4 is 11.5 Å². The lowest BCUT2D eigenvalue weighted by Crippen LogP contribution is -2.29. The highest BCUT2D eigenvalue weighted by molar-refractivity contribution is 5.94. The molecular weight excluding hydrogens is 234 g/mol. The van der Waals surface area contributed by atoms with Crippen molar-refractivity contribution in [3.05, 3.63) is 29.8 Å². The number of fused-ring (bicyclic) bond motifs is 2. The maximum atomic E-state index is 11.3. The second-order valence-corrected chi connectivity index (χ2v) is 6.41. The maximum absolute atomic E-state index is 11.3. The van der Waals surface area contributed by atoms with Crippen LogP contribution in [0.3, 0.4) is 0 Å². The fourth-order valence-corrected chi connectivity index (χ4v) is 4.08. The van der Waals surface area contributed by atoms with E-state index < -0.39 is 0 Å². The number of benzene rings is 1. The molecule has 1 aromatic carbocycles. The standard InChI is InChI=1S/C17H23NO/c1-11(17-10-13-3-4-15(17)9-13)18-16-7-5-14(6-8-16)12(2)19/h5-8,11,13,15,17-18H,3-4,9-10H2,1-2H3. The molecule has 19 heavy (non-hydrogen) atoms. The molecule has 3 rings (SSSR count). The third kappa shape index (κ3) is 2.54. The molecule has 0 aliphatic heterocycles. The molecule has 0 radical (unpaired) electrons. The van der Waals surface area contributed by atoms with E-state index in [1.165, 1.54) is 25.7 Å². The summed E-state index contributed by atoms with van der Waals surface area (Å²) in [6, 6.07) is 8.43. The van der Waals surface area contributed by atoms with Crippen molar-refractivity contribution in [1.82, 2.24) is 0 Å². The molecule has 4 unspecified atom stereocenters. The van der Waals surface area contributed by atoms with E-state index in [4.69, 9.17) is 0 Å². The highest BCUT2D eigenvalue weighted by atomic mass is 16.1. The molecule has 2 saturated carbocycles. The van der Waals surface area contributed by atoms with Crippen LogP contribution >= 0.6 is 0 Å². The van der Waals surface area contributed by atoms with Crippen molar-refractivity contribution in [3.63, 3.8) is 0 Å². The summed E-state index contributed by atoms with van der Waals surface area (Å²) in [6.45, 7) is 3.92. The zero-order chi connectivity index (χ0) is 13.4. The SMILES string of the molecule is CC(=O)c1ccc(NC(C)C2CC3CCC2C3)cc1. The third-order valence-corrected chi connectivity index (χ3v) is 5.12. The van der Waals surface area contributed by atoms with Crippen LogP contribution in [-0.4, -0.2) is 11.8 Å². The lowest BCUT2D eigenvalue weighted by Gasteiger charge is -2.29. The van der Waals surface area contributed by atoms with Crippen LogP contribution in [0.25, 0.3) is 0 Å². The molecule has 2 nitrogen and oxygen atoms in total. The summed E-state index contributed by atoms with van der Waals surface area (Å²) in [7, 11) is 0. The van der Waals surface area contributed by atoms with Gasteiger partial charge in [0.2, 0.25) is 0 Å². The molecule has 2 aliphatic rings. The monoisotopic (exact) mass is 257 g/mol. The van der Waals surface area contributed by atoms with E-state index in [1.54, 1.807) is 6.92 Å². The Balaban J connectivity index is 1.63. The van der Waals surface area contributed by atoms with Gasteiger partial charge in [-0.3, -0.25) is 4.79 Å². The second-order valence-electron chi connectivity index (χ2n) is 6.41. The van der Waals surface area contributed by atoms with Gasteiger partial charge in [-0.15, -0.1) is 0 Å². The average Bonchev–Trinajstić information content (AvgIpc) is 3.01. The molecule has 0 heterocycles. The molecule has 2 bridgehead atoms. The quantitative estimate of drug-likeness (QED) is 0.822. The summed E-state index contributed by atoms with van der Waals surface area (Å²) in [4.78, 5) is 11.3. The van der Waals surface area contributed by atoms with Crippen LogP contribution in [0.15, 0.2) is 24.3 Å². The van der Waals surface area contributed by atoms with Crippen LogP contribution < -0.4 is 5.32 Å². The summed E-state index contributed by atoms with van der Waals surface area (Å²) in [6.07, 6.45) is 5.76. The van der Waals surface area contributed by atoms with Gasteiger partial charge < -0.3 is 5.32 Å². The first kappa shape index (κ1) is 12.7. The minimum absolute atomic E-state index is 0.132. The van der Waals surface area contributed by atoms with Crippen LogP contribution in [0, 0.1) is 17.8 Å². The molecule has 2 heteroatoms. The molecule has 1 N–H and O–H groups in total. The minimum Gasteiger partial charge on any atom is -0.382 e. The van der Waals surface area contributed by atoms with E-state index in [9.17, 15) is 4.79 Å². The first-order valence-corrected chi connectivity index (χ1v) is 7.51. The van der Waals surface area contributed by atoms with Gasteiger partial charge in [-0.2, -0.15) is 0 Å². The number of Topliss-reactive ketones (excluding diaryl/α,β-unsaturated/α-hetero) is 1. The Morgan fingerprint density at radius 1 is 1.21 bits per heavy atom. The van der Waals surface area contributed by atoms with E-state index >= 15 is 0 Å². The Bertz CT molecular complexity index is 465. The van der Waals surface area contributed by atoms with Gasteiger partial charge in [0.05, 0.1) is 0 Å². The molecule has 1 aromatic rings. The normalized spacial score (nSPS) is 30.3. The molecule has 0 aromatic heterocycles. The van der Waals surface area contributed by atoms with Crippen LogP contribution in [-0.2, 0) is 0 Å². The fourth-order valence-electron chi connectivity index (χ4n) is 4.08. The van der Waals surface area contributed by atoms with E-state index in [-0.39, 0.29) is 5.78 Å². The molecular formula is C17H23NO. The average molecular weight is 257 g/mol. The maximum Gasteiger partial charge on any atom is 0.159 e. The van der Waals surface area contributed by atoms with Crippen molar-refractivity contribution in [2.75, 3.05) is 5.32 Å². The van der Waals surface area contributed by atoms with Gasteiger partial charge in [-0.1, -0.05) is 6.42 Å². The van der Waals surface area contributed by atoms with Crippen molar-refractivity contribution in [2.24, 2.45) is 17.8 Å². The fraction of sp³-hybridized carbons (Fsp3) is 0.588. The molecule has 2 fully saturated rings. The lowest BCUT2D eigenvalue weighted by molar-refractivity contribution is 0.101. The number of hydrogen-bond acceptors (Lipinski definition) is 2. The van der Waals surface area contributed by atoms with Crippen molar-refractivity contribution in [3.8, 4) is 0 Å².